The number of nitro groups is 1. The van der Waals surface area contributed by atoms with Crippen LogP contribution in [0.25, 0.3) is 0 Å². The highest BCUT2D eigenvalue weighted by molar-refractivity contribution is 6.01. The van der Waals surface area contributed by atoms with Crippen molar-refractivity contribution in [3.05, 3.63) is 33.9 Å². The standard InChI is InChI=1S/C14H21N3O3/c1-4-14(5-2,6-3)16-13(18)10-8-7-9-11(12(10)15)17(19)20/h7-9H,4-6,15H2,1-3H3,(H,16,18). The summed E-state index contributed by atoms with van der Waals surface area (Å²) in [7, 11) is 0. The Bertz CT molecular complexity index is 502. The van der Waals surface area contributed by atoms with E-state index in [2.05, 4.69) is 5.32 Å². The van der Waals surface area contributed by atoms with E-state index in [4.69, 9.17) is 5.73 Å². The van der Waals surface area contributed by atoms with Crippen molar-refractivity contribution in [2.24, 2.45) is 0 Å². The highest BCUT2D eigenvalue weighted by Crippen LogP contribution is 2.26. The zero-order valence-electron chi connectivity index (χ0n) is 12.1. The molecule has 0 spiro atoms. The maximum absolute atomic E-state index is 12.3. The van der Waals surface area contributed by atoms with Crippen LogP contribution in [0.4, 0.5) is 11.4 Å². The Morgan fingerprint density at radius 3 is 2.30 bits per heavy atom. The molecule has 3 N–H and O–H groups in total. The number of carbonyl (C=O) groups excluding carboxylic acids is 1. The summed E-state index contributed by atoms with van der Waals surface area (Å²) in [4.78, 5) is 22.6. The maximum Gasteiger partial charge on any atom is 0.292 e. The second-order valence-electron chi connectivity index (χ2n) is 4.79. The fourth-order valence-corrected chi connectivity index (χ4v) is 2.23. The fraction of sp³-hybridized carbons (Fsp3) is 0.500. The lowest BCUT2D eigenvalue weighted by Crippen LogP contribution is -2.47. The highest BCUT2D eigenvalue weighted by atomic mass is 16.6. The average molecular weight is 279 g/mol. The van der Waals surface area contributed by atoms with Gasteiger partial charge in [0.25, 0.3) is 11.6 Å². The van der Waals surface area contributed by atoms with E-state index in [0.29, 0.717) is 0 Å². The Balaban J connectivity index is 3.10. The summed E-state index contributed by atoms with van der Waals surface area (Å²) in [5.74, 6) is -0.364. The van der Waals surface area contributed by atoms with Crippen molar-refractivity contribution in [1.82, 2.24) is 5.32 Å². The summed E-state index contributed by atoms with van der Waals surface area (Å²) < 4.78 is 0. The predicted molar refractivity (Wildman–Crippen MR) is 78.6 cm³/mol. The molecule has 1 aromatic carbocycles. The van der Waals surface area contributed by atoms with Crippen LogP contribution in [0.2, 0.25) is 0 Å². The van der Waals surface area contributed by atoms with E-state index >= 15 is 0 Å². The van der Waals surface area contributed by atoms with Crippen molar-refractivity contribution in [2.45, 2.75) is 45.6 Å². The third-order valence-electron chi connectivity index (χ3n) is 3.93. The minimum Gasteiger partial charge on any atom is -0.393 e. The van der Waals surface area contributed by atoms with E-state index in [0.717, 1.165) is 19.3 Å². The molecule has 0 atom stereocenters. The van der Waals surface area contributed by atoms with Crippen LogP contribution in [0.1, 0.15) is 50.4 Å². The smallest absolute Gasteiger partial charge is 0.292 e. The lowest BCUT2D eigenvalue weighted by atomic mass is 9.89. The van der Waals surface area contributed by atoms with Gasteiger partial charge < -0.3 is 11.1 Å². The number of nitro benzene ring substituents is 1. The lowest BCUT2D eigenvalue weighted by molar-refractivity contribution is -0.383. The molecule has 0 unspecified atom stereocenters. The Labute approximate surface area is 118 Å². The van der Waals surface area contributed by atoms with Crippen LogP contribution in [-0.4, -0.2) is 16.4 Å². The highest BCUT2D eigenvalue weighted by Gasteiger charge is 2.28. The van der Waals surface area contributed by atoms with Gasteiger partial charge in [0.1, 0.15) is 5.69 Å². The Hall–Kier alpha value is -2.11. The van der Waals surface area contributed by atoms with Gasteiger partial charge in [-0.3, -0.25) is 14.9 Å². The van der Waals surface area contributed by atoms with Crippen LogP contribution in [0.5, 0.6) is 0 Å². The molecule has 0 fully saturated rings. The lowest BCUT2D eigenvalue weighted by Gasteiger charge is -2.32. The first-order chi connectivity index (χ1) is 9.40. The number of rotatable bonds is 6. The first kappa shape index (κ1) is 15.9. The van der Waals surface area contributed by atoms with E-state index in [9.17, 15) is 14.9 Å². The number of benzene rings is 1. The van der Waals surface area contributed by atoms with Crippen molar-refractivity contribution in [1.29, 1.82) is 0 Å². The molecule has 0 aromatic heterocycles. The first-order valence-corrected chi connectivity index (χ1v) is 6.76. The molecule has 1 amide bonds. The average Bonchev–Trinajstić information content (AvgIpc) is 2.44. The van der Waals surface area contributed by atoms with Crippen molar-refractivity contribution in [3.8, 4) is 0 Å². The van der Waals surface area contributed by atoms with Gasteiger partial charge in [0.15, 0.2) is 0 Å². The molecule has 6 heteroatoms. The van der Waals surface area contributed by atoms with Crippen molar-refractivity contribution < 1.29 is 9.72 Å². The SMILES string of the molecule is CCC(CC)(CC)NC(=O)c1cccc([N+](=O)[O-])c1N. The van der Waals surface area contributed by atoms with Crippen LogP contribution < -0.4 is 11.1 Å². The fourth-order valence-electron chi connectivity index (χ4n) is 2.23. The van der Waals surface area contributed by atoms with Gasteiger partial charge in [0.2, 0.25) is 0 Å². The van der Waals surface area contributed by atoms with Gasteiger partial charge in [-0.1, -0.05) is 26.8 Å². The van der Waals surface area contributed by atoms with Crippen LogP contribution in [0.3, 0.4) is 0 Å². The summed E-state index contributed by atoms with van der Waals surface area (Å²) in [6.07, 6.45) is 2.38. The molecule has 0 saturated carbocycles. The molecular weight excluding hydrogens is 258 g/mol. The van der Waals surface area contributed by atoms with E-state index < -0.39 is 4.92 Å². The van der Waals surface area contributed by atoms with Crippen molar-refractivity contribution in [2.75, 3.05) is 5.73 Å². The number of nitrogen functional groups attached to an aromatic ring is 1. The summed E-state index contributed by atoms with van der Waals surface area (Å²) >= 11 is 0. The Morgan fingerprint density at radius 1 is 1.30 bits per heavy atom. The molecule has 0 radical (unpaired) electrons. The second-order valence-corrected chi connectivity index (χ2v) is 4.79. The molecule has 0 saturated heterocycles. The summed E-state index contributed by atoms with van der Waals surface area (Å²) in [5.41, 5.74) is 5.25. The molecule has 0 aliphatic heterocycles. The topological polar surface area (TPSA) is 98.3 Å². The number of hydrogen-bond donors (Lipinski definition) is 2. The van der Waals surface area contributed by atoms with Crippen LogP contribution in [0.15, 0.2) is 18.2 Å². The van der Waals surface area contributed by atoms with Crippen LogP contribution >= 0.6 is 0 Å². The Kier molecular flexibility index (Phi) is 5.07. The third-order valence-corrected chi connectivity index (χ3v) is 3.93. The number of nitrogens with one attached hydrogen (secondary N) is 1. The van der Waals surface area contributed by atoms with E-state index in [1.165, 1.54) is 18.2 Å². The van der Waals surface area contributed by atoms with Crippen LogP contribution in [-0.2, 0) is 0 Å². The van der Waals surface area contributed by atoms with Crippen LogP contribution in [0, 0.1) is 10.1 Å². The number of amides is 1. The molecule has 0 aliphatic carbocycles. The van der Waals surface area contributed by atoms with Gasteiger partial charge in [-0.15, -0.1) is 0 Å². The monoisotopic (exact) mass is 279 g/mol. The molecule has 110 valence electrons. The van der Waals surface area contributed by atoms with Gasteiger partial charge in [-0.25, -0.2) is 0 Å². The second kappa shape index (κ2) is 6.36. The molecular formula is C14H21N3O3. The molecule has 0 heterocycles. The van der Waals surface area contributed by atoms with Gasteiger partial charge in [-0.05, 0) is 25.3 Å². The molecule has 0 aliphatic rings. The molecule has 0 bridgehead atoms. The minimum absolute atomic E-state index is 0.0905. The zero-order valence-corrected chi connectivity index (χ0v) is 12.1. The first-order valence-electron chi connectivity index (χ1n) is 6.76. The number of carbonyl (C=O) groups is 1. The minimum atomic E-state index is -0.584. The molecule has 1 rings (SSSR count). The molecule has 6 nitrogen and oxygen atoms in total. The predicted octanol–water partition coefficient (Wildman–Crippen LogP) is 2.88. The molecule has 1 aromatic rings. The largest absolute Gasteiger partial charge is 0.393 e. The normalized spacial score (nSPS) is 11.2. The molecule has 20 heavy (non-hydrogen) atoms. The Morgan fingerprint density at radius 2 is 1.85 bits per heavy atom. The maximum atomic E-state index is 12.3. The summed E-state index contributed by atoms with van der Waals surface area (Å²) in [6.45, 7) is 6.01. The van der Waals surface area contributed by atoms with E-state index in [1.54, 1.807) is 0 Å². The third kappa shape index (κ3) is 3.07. The van der Waals surface area contributed by atoms with Gasteiger partial charge in [0, 0.05) is 11.6 Å². The number of nitrogens with zero attached hydrogens (tertiary/aromatic N) is 1. The van der Waals surface area contributed by atoms with Gasteiger partial charge in [0.05, 0.1) is 10.5 Å². The summed E-state index contributed by atoms with van der Waals surface area (Å²) in [5, 5.41) is 13.8. The van der Waals surface area contributed by atoms with Crippen molar-refractivity contribution in [3.63, 3.8) is 0 Å². The van der Waals surface area contributed by atoms with E-state index in [-0.39, 0.29) is 28.4 Å². The number of hydrogen-bond acceptors (Lipinski definition) is 4. The van der Waals surface area contributed by atoms with Crippen molar-refractivity contribution >= 4 is 17.3 Å². The van der Waals surface area contributed by atoms with Gasteiger partial charge >= 0.3 is 0 Å². The number of para-hydroxylation sites is 1. The summed E-state index contributed by atoms with van der Waals surface area (Å²) in [6, 6.07) is 4.26. The number of anilines is 1. The quantitative estimate of drug-likeness (QED) is 0.475. The van der Waals surface area contributed by atoms with Gasteiger partial charge in [-0.2, -0.15) is 0 Å². The zero-order chi connectivity index (χ0) is 15.3. The number of nitrogens with two attached hydrogens (primary N) is 1. The van der Waals surface area contributed by atoms with E-state index in [1.807, 2.05) is 20.8 Å².